The summed E-state index contributed by atoms with van der Waals surface area (Å²) < 4.78 is 0. The number of hydrogen-bond acceptors (Lipinski definition) is 2. The zero-order valence-corrected chi connectivity index (χ0v) is 30.6. The molecular weight excluding hydrogens is 629 g/mol. The minimum absolute atomic E-state index is 0.140. The van der Waals surface area contributed by atoms with Gasteiger partial charge in [-0.25, -0.2) is 0 Å². The third kappa shape index (κ3) is 6.22. The lowest BCUT2D eigenvalue weighted by atomic mass is 9.81. The Kier molecular flexibility index (Phi) is 8.61. The normalized spacial score (nSPS) is 12.8. The van der Waals surface area contributed by atoms with Crippen LogP contribution in [0, 0.1) is 20.8 Å². The van der Waals surface area contributed by atoms with Crippen LogP contribution < -0.4 is 9.80 Å². The van der Waals surface area contributed by atoms with Gasteiger partial charge in [0.25, 0.3) is 0 Å². The lowest BCUT2D eigenvalue weighted by Gasteiger charge is -2.28. The van der Waals surface area contributed by atoms with Gasteiger partial charge < -0.3 is 9.80 Å². The topological polar surface area (TPSA) is 6.48 Å². The van der Waals surface area contributed by atoms with Crippen molar-refractivity contribution >= 4 is 46.3 Å². The van der Waals surface area contributed by atoms with Crippen molar-refractivity contribution in [3.8, 4) is 11.1 Å². The molecule has 1 aliphatic rings. The monoisotopic (exact) mass is 672 g/mol. The van der Waals surface area contributed by atoms with E-state index in [9.17, 15) is 0 Å². The average molecular weight is 673 g/mol. The molecule has 7 aromatic rings. The smallest absolute Gasteiger partial charge is 0.0490 e. The number of nitrogens with zero attached hydrogens (tertiary/aromatic N) is 2. The molecule has 52 heavy (non-hydrogen) atoms. The fraction of sp³-hybridized carbons (Fsp3) is 0.120. The molecule has 0 saturated heterocycles. The molecule has 0 amide bonds. The Labute approximate surface area is 309 Å². The maximum atomic E-state index is 2.39. The number of aryl methyl sites for hydroxylation is 3. The van der Waals surface area contributed by atoms with Gasteiger partial charge in [-0.05, 0) is 138 Å². The largest absolute Gasteiger partial charge is 0.310 e. The highest BCUT2D eigenvalue weighted by molar-refractivity contribution is 5.87. The zero-order chi connectivity index (χ0) is 35.8. The molecular formula is C50H44N2. The number of hydrogen-bond donors (Lipinski definition) is 0. The highest BCUT2D eigenvalue weighted by atomic mass is 15.1. The molecule has 0 heterocycles. The Morgan fingerprint density at radius 3 is 1.54 bits per heavy atom. The Balaban J connectivity index is 1.08. The highest BCUT2D eigenvalue weighted by Gasteiger charge is 2.36. The first-order valence-electron chi connectivity index (χ1n) is 18.2. The van der Waals surface area contributed by atoms with Gasteiger partial charge in [-0.15, -0.1) is 0 Å². The van der Waals surface area contributed by atoms with Crippen molar-refractivity contribution in [1.29, 1.82) is 0 Å². The lowest BCUT2D eigenvalue weighted by molar-refractivity contribution is 0.660. The van der Waals surface area contributed by atoms with Crippen LogP contribution in [0.4, 0.5) is 34.1 Å². The van der Waals surface area contributed by atoms with Crippen molar-refractivity contribution < 1.29 is 0 Å². The molecule has 0 spiro atoms. The first-order valence-corrected chi connectivity index (χ1v) is 18.2. The maximum Gasteiger partial charge on any atom is 0.0490 e. The van der Waals surface area contributed by atoms with E-state index in [1.165, 1.54) is 67.1 Å². The fourth-order valence-corrected chi connectivity index (χ4v) is 7.84. The summed E-state index contributed by atoms with van der Waals surface area (Å²) in [6, 6.07) is 59.5. The van der Waals surface area contributed by atoms with Crippen LogP contribution in [0.25, 0.3) is 23.3 Å². The minimum atomic E-state index is -0.140. The number of fused-ring (bicyclic) bond motifs is 3. The zero-order valence-electron chi connectivity index (χ0n) is 30.6. The molecule has 1 aliphatic carbocycles. The summed E-state index contributed by atoms with van der Waals surface area (Å²) in [5.41, 5.74) is 18.3. The van der Waals surface area contributed by atoms with E-state index in [4.69, 9.17) is 0 Å². The molecule has 0 unspecified atom stereocenters. The minimum Gasteiger partial charge on any atom is -0.310 e. The van der Waals surface area contributed by atoms with Crippen molar-refractivity contribution in [2.75, 3.05) is 9.80 Å². The van der Waals surface area contributed by atoms with Crippen LogP contribution in [0.1, 0.15) is 52.8 Å². The van der Waals surface area contributed by atoms with Crippen molar-refractivity contribution in [1.82, 2.24) is 0 Å². The molecule has 0 atom stereocenters. The van der Waals surface area contributed by atoms with Gasteiger partial charge in [0.15, 0.2) is 0 Å². The van der Waals surface area contributed by atoms with Gasteiger partial charge in [-0.1, -0.05) is 123 Å². The lowest BCUT2D eigenvalue weighted by Crippen LogP contribution is -2.16. The van der Waals surface area contributed by atoms with E-state index >= 15 is 0 Å². The molecule has 0 radical (unpaired) electrons. The van der Waals surface area contributed by atoms with Gasteiger partial charge in [0.1, 0.15) is 0 Å². The molecule has 2 heteroatoms. The molecule has 2 nitrogen and oxygen atoms in total. The Morgan fingerprint density at radius 1 is 0.404 bits per heavy atom. The molecule has 254 valence electrons. The Bertz CT molecular complexity index is 2340. The number of benzene rings is 7. The second-order valence-corrected chi connectivity index (χ2v) is 14.6. The van der Waals surface area contributed by atoms with E-state index in [2.05, 4.69) is 220 Å². The summed E-state index contributed by atoms with van der Waals surface area (Å²) in [6.07, 6.45) is 4.47. The molecule has 0 aliphatic heterocycles. The molecule has 0 fully saturated rings. The summed E-state index contributed by atoms with van der Waals surface area (Å²) >= 11 is 0. The number of para-hydroxylation sites is 3. The summed E-state index contributed by atoms with van der Waals surface area (Å²) in [6.45, 7) is 11.2. The first kappa shape index (κ1) is 33.0. The van der Waals surface area contributed by atoms with E-state index in [-0.39, 0.29) is 5.41 Å². The van der Waals surface area contributed by atoms with E-state index in [1.54, 1.807) is 0 Å². The van der Waals surface area contributed by atoms with Crippen LogP contribution in [-0.4, -0.2) is 0 Å². The van der Waals surface area contributed by atoms with E-state index < -0.39 is 0 Å². The highest BCUT2D eigenvalue weighted by Crippen LogP contribution is 2.51. The van der Waals surface area contributed by atoms with E-state index in [0.29, 0.717) is 0 Å². The molecule has 7 aromatic carbocycles. The van der Waals surface area contributed by atoms with Gasteiger partial charge >= 0.3 is 0 Å². The van der Waals surface area contributed by atoms with Gasteiger partial charge in [0.05, 0.1) is 0 Å². The first-order chi connectivity index (χ1) is 25.3. The average Bonchev–Trinajstić information content (AvgIpc) is 3.38. The third-order valence-corrected chi connectivity index (χ3v) is 10.4. The molecule has 8 rings (SSSR count). The van der Waals surface area contributed by atoms with Gasteiger partial charge in [-0.3, -0.25) is 0 Å². The van der Waals surface area contributed by atoms with Crippen molar-refractivity contribution in [2.24, 2.45) is 0 Å². The predicted octanol–water partition coefficient (Wildman–Crippen LogP) is 14.0. The van der Waals surface area contributed by atoms with E-state index in [1.807, 2.05) is 0 Å². The van der Waals surface area contributed by atoms with Gasteiger partial charge in [-0.2, -0.15) is 0 Å². The SMILES string of the molecule is Cc1cc(C)cc(N(c2ccc(/C=C/c3ccc4c(c3)C(C)(C)c3cc(N(c5ccccc5)c5ccccc5)ccc3-4)cc2)c2ccccc2C)c1. The molecule has 0 N–H and O–H groups in total. The van der Waals surface area contributed by atoms with Crippen molar-refractivity contribution in [2.45, 2.75) is 40.0 Å². The van der Waals surface area contributed by atoms with Crippen LogP contribution in [0.15, 0.2) is 164 Å². The summed E-state index contributed by atoms with van der Waals surface area (Å²) in [7, 11) is 0. The maximum absolute atomic E-state index is 2.39. The number of anilines is 6. The standard InChI is InChI=1S/C50H44N2/c1-35-30-36(2)32-44(31-35)52(49-19-13-12-14-37(49)3)42-25-22-38(23-26-42)20-21-39-24-28-45-46-29-27-43(34-48(46)50(4,5)47(45)33-39)51(40-15-8-6-9-16-40)41-17-10-7-11-18-41/h6-34H,1-5H3/b21-20+. The summed E-state index contributed by atoms with van der Waals surface area (Å²) in [5, 5.41) is 0. The second-order valence-electron chi connectivity index (χ2n) is 14.6. The van der Waals surface area contributed by atoms with Crippen LogP contribution >= 0.6 is 0 Å². The predicted molar refractivity (Wildman–Crippen MR) is 223 cm³/mol. The van der Waals surface area contributed by atoms with Crippen molar-refractivity contribution in [3.05, 3.63) is 203 Å². The number of rotatable bonds is 8. The van der Waals surface area contributed by atoms with Crippen LogP contribution in [-0.2, 0) is 5.41 Å². The third-order valence-electron chi connectivity index (χ3n) is 10.4. The van der Waals surface area contributed by atoms with Gasteiger partial charge in [0, 0.05) is 39.5 Å². The van der Waals surface area contributed by atoms with Crippen LogP contribution in [0.5, 0.6) is 0 Å². The van der Waals surface area contributed by atoms with Crippen LogP contribution in [0.3, 0.4) is 0 Å². The Morgan fingerprint density at radius 2 is 0.904 bits per heavy atom. The van der Waals surface area contributed by atoms with Crippen LogP contribution in [0.2, 0.25) is 0 Å². The summed E-state index contributed by atoms with van der Waals surface area (Å²) in [4.78, 5) is 4.72. The molecule has 0 bridgehead atoms. The quantitative estimate of drug-likeness (QED) is 0.148. The van der Waals surface area contributed by atoms with Crippen molar-refractivity contribution in [3.63, 3.8) is 0 Å². The second kappa shape index (κ2) is 13.5. The fourth-order valence-electron chi connectivity index (χ4n) is 7.84. The summed E-state index contributed by atoms with van der Waals surface area (Å²) in [5.74, 6) is 0. The molecule has 0 aromatic heterocycles. The Hall–Kier alpha value is -6.12. The van der Waals surface area contributed by atoms with Gasteiger partial charge in [0.2, 0.25) is 0 Å². The van der Waals surface area contributed by atoms with E-state index in [0.717, 1.165) is 17.1 Å². The molecule has 0 saturated carbocycles.